The number of carbonyl (C=O) groups excluding carboxylic acids is 1. The molecule has 0 aliphatic carbocycles. The van der Waals surface area contributed by atoms with Crippen LogP contribution in [0.5, 0.6) is 5.75 Å². The predicted molar refractivity (Wildman–Crippen MR) is 80.0 cm³/mol. The Hall–Kier alpha value is -1.26. The second-order valence-electron chi connectivity index (χ2n) is 4.63. The lowest BCUT2D eigenvalue weighted by Crippen LogP contribution is -2.29. The van der Waals surface area contributed by atoms with Crippen molar-refractivity contribution < 1.29 is 14.3 Å². The molecule has 20 heavy (non-hydrogen) atoms. The molecule has 4 nitrogen and oxygen atoms in total. The Kier molecular flexibility index (Phi) is 6.82. The first kappa shape index (κ1) is 16.8. The van der Waals surface area contributed by atoms with Crippen LogP contribution in [0.15, 0.2) is 18.2 Å². The van der Waals surface area contributed by atoms with E-state index in [2.05, 4.69) is 0 Å². The molecule has 0 radical (unpaired) electrons. The maximum absolute atomic E-state index is 11.8. The summed E-state index contributed by atoms with van der Waals surface area (Å²) in [6.45, 7) is 5.96. The molecule has 0 aliphatic rings. The Morgan fingerprint density at radius 1 is 1.40 bits per heavy atom. The highest BCUT2D eigenvalue weighted by Crippen LogP contribution is 2.29. The van der Waals surface area contributed by atoms with Gasteiger partial charge in [-0.25, -0.2) is 4.79 Å². The average Bonchev–Trinajstić information content (AvgIpc) is 2.40. The van der Waals surface area contributed by atoms with Crippen LogP contribution in [0.25, 0.3) is 0 Å². The summed E-state index contributed by atoms with van der Waals surface area (Å²) in [5.41, 5.74) is 6.72. The van der Waals surface area contributed by atoms with Crippen LogP contribution in [0.2, 0.25) is 5.02 Å². The molecule has 0 fully saturated rings. The highest BCUT2D eigenvalue weighted by atomic mass is 35.5. The fraction of sp³-hybridized carbons (Fsp3) is 0.533. The number of hydrogen-bond donors (Lipinski definition) is 1. The SMILES string of the molecule is CCCC(Oc1ccc([C@@H](C)N)cc1Cl)C(=O)OCC. The van der Waals surface area contributed by atoms with Gasteiger partial charge >= 0.3 is 5.97 Å². The molecule has 0 saturated heterocycles. The van der Waals surface area contributed by atoms with Crippen molar-refractivity contribution in [2.45, 2.75) is 45.8 Å². The molecule has 1 aromatic carbocycles. The van der Waals surface area contributed by atoms with E-state index in [0.29, 0.717) is 23.8 Å². The van der Waals surface area contributed by atoms with E-state index in [1.54, 1.807) is 19.1 Å². The van der Waals surface area contributed by atoms with Crippen molar-refractivity contribution in [3.05, 3.63) is 28.8 Å². The summed E-state index contributed by atoms with van der Waals surface area (Å²) in [5.74, 6) is 0.115. The van der Waals surface area contributed by atoms with Crippen LogP contribution in [0, 0.1) is 0 Å². The van der Waals surface area contributed by atoms with Gasteiger partial charge in [-0.1, -0.05) is 31.0 Å². The van der Waals surface area contributed by atoms with Gasteiger partial charge in [0.15, 0.2) is 6.10 Å². The van der Waals surface area contributed by atoms with E-state index >= 15 is 0 Å². The maximum Gasteiger partial charge on any atom is 0.347 e. The van der Waals surface area contributed by atoms with Crippen molar-refractivity contribution in [3.8, 4) is 5.75 Å². The second-order valence-corrected chi connectivity index (χ2v) is 5.03. The molecular formula is C15H22ClNO3. The summed E-state index contributed by atoms with van der Waals surface area (Å²) in [5, 5.41) is 0.449. The van der Waals surface area contributed by atoms with Gasteiger partial charge in [-0.3, -0.25) is 0 Å². The van der Waals surface area contributed by atoms with Crippen LogP contribution in [-0.4, -0.2) is 18.7 Å². The number of carbonyl (C=O) groups is 1. The minimum atomic E-state index is -0.626. The zero-order valence-electron chi connectivity index (χ0n) is 12.2. The molecule has 0 spiro atoms. The van der Waals surface area contributed by atoms with Crippen molar-refractivity contribution in [3.63, 3.8) is 0 Å². The van der Waals surface area contributed by atoms with Gasteiger partial charge in [0, 0.05) is 6.04 Å². The molecule has 0 aromatic heterocycles. The second kappa shape index (κ2) is 8.12. The zero-order valence-corrected chi connectivity index (χ0v) is 12.9. The minimum Gasteiger partial charge on any atom is -0.477 e. The van der Waals surface area contributed by atoms with Crippen LogP contribution in [-0.2, 0) is 9.53 Å². The summed E-state index contributed by atoms with van der Waals surface area (Å²) in [6, 6.07) is 5.25. The lowest BCUT2D eigenvalue weighted by molar-refractivity contribution is -0.151. The highest BCUT2D eigenvalue weighted by Gasteiger charge is 2.22. The lowest BCUT2D eigenvalue weighted by Gasteiger charge is -2.18. The van der Waals surface area contributed by atoms with Gasteiger partial charge in [0.25, 0.3) is 0 Å². The summed E-state index contributed by atoms with van der Waals surface area (Å²) >= 11 is 6.17. The fourth-order valence-electron chi connectivity index (χ4n) is 1.77. The van der Waals surface area contributed by atoms with Crippen molar-refractivity contribution in [1.82, 2.24) is 0 Å². The Balaban J connectivity index is 2.85. The van der Waals surface area contributed by atoms with E-state index in [1.165, 1.54) is 0 Å². The summed E-state index contributed by atoms with van der Waals surface area (Å²) in [4.78, 5) is 11.8. The van der Waals surface area contributed by atoms with E-state index < -0.39 is 6.10 Å². The van der Waals surface area contributed by atoms with Crippen LogP contribution >= 0.6 is 11.6 Å². The van der Waals surface area contributed by atoms with E-state index in [0.717, 1.165) is 12.0 Å². The molecule has 0 amide bonds. The molecule has 2 N–H and O–H groups in total. The monoisotopic (exact) mass is 299 g/mol. The third-order valence-electron chi connectivity index (χ3n) is 2.85. The largest absolute Gasteiger partial charge is 0.477 e. The number of benzene rings is 1. The Morgan fingerprint density at radius 3 is 2.60 bits per heavy atom. The maximum atomic E-state index is 11.8. The summed E-state index contributed by atoms with van der Waals surface area (Å²) in [6.07, 6.45) is 0.780. The van der Waals surface area contributed by atoms with Crippen LogP contribution < -0.4 is 10.5 Å². The van der Waals surface area contributed by atoms with Crippen molar-refractivity contribution in [2.24, 2.45) is 5.73 Å². The molecule has 1 unspecified atom stereocenters. The number of rotatable bonds is 7. The van der Waals surface area contributed by atoms with Gasteiger partial charge in [-0.15, -0.1) is 0 Å². The van der Waals surface area contributed by atoms with Gasteiger partial charge in [0.05, 0.1) is 11.6 Å². The Bertz CT molecular complexity index is 449. The summed E-state index contributed by atoms with van der Waals surface area (Å²) < 4.78 is 10.7. The minimum absolute atomic E-state index is 0.0990. The van der Waals surface area contributed by atoms with Gasteiger partial charge in [0.1, 0.15) is 5.75 Å². The molecule has 0 saturated carbocycles. The number of halogens is 1. The quantitative estimate of drug-likeness (QED) is 0.783. The smallest absolute Gasteiger partial charge is 0.347 e. The number of nitrogens with two attached hydrogens (primary N) is 1. The van der Waals surface area contributed by atoms with Gasteiger partial charge < -0.3 is 15.2 Å². The number of esters is 1. The van der Waals surface area contributed by atoms with Crippen LogP contribution in [0.4, 0.5) is 0 Å². The molecule has 0 aliphatic heterocycles. The zero-order chi connectivity index (χ0) is 15.1. The normalized spacial score (nSPS) is 13.7. The van der Waals surface area contributed by atoms with Crippen molar-refractivity contribution in [1.29, 1.82) is 0 Å². The number of hydrogen-bond acceptors (Lipinski definition) is 4. The first-order chi connectivity index (χ1) is 9.49. The Labute approximate surface area is 125 Å². The molecular weight excluding hydrogens is 278 g/mol. The molecule has 1 aromatic rings. The van der Waals surface area contributed by atoms with Crippen molar-refractivity contribution >= 4 is 17.6 Å². The third kappa shape index (κ3) is 4.69. The molecule has 0 heterocycles. The average molecular weight is 300 g/mol. The number of ether oxygens (including phenoxy) is 2. The Morgan fingerprint density at radius 2 is 2.10 bits per heavy atom. The first-order valence-electron chi connectivity index (χ1n) is 6.87. The van der Waals surface area contributed by atoms with Gasteiger partial charge in [-0.05, 0) is 38.0 Å². The molecule has 5 heteroatoms. The van der Waals surface area contributed by atoms with E-state index in [4.69, 9.17) is 26.8 Å². The predicted octanol–water partition coefficient (Wildman–Crippen LogP) is 3.47. The van der Waals surface area contributed by atoms with Gasteiger partial charge in [0.2, 0.25) is 0 Å². The lowest BCUT2D eigenvalue weighted by atomic mass is 10.1. The third-order valence-corrected chi connectivity index (χ3v) is 3.15. The topological polar surface area (TPSA) is 61.5 Å². The molecule has 2 atom stereocenters. The molecule has 0 bridgehead atoms. The van der Waals surface area contributed by atoms with Crippen LogP contribution in [0.3, 0.4) is 0 Å². The van der Waals surface area contributed by atoms with E-state index in [1.807, 2.05) is 19.9 Å². The molecule has 1 rings (SSSR count). The molecule has 112 valence electrons. The standard InChI is InChI=1S/C15H22ClNO3/c1-4-6-14(15(18)19-5-2)20-13-8-7-11(10(3)17)9-12(13)16/h7-10,14H,4-6,17H2,1-3H3/t10-,14?/m1/s1. The first-order valence-corrected chi connectivity index (χ1v) is 7.25. The summed E-state index contributed by atoms with van der Waals surface area (Å²) in [7, 11) is 0. The fourth-order valence-corrected chi connectivity index (χ4v) is 2.00. The van der Waals surface area contributed by atoms with Gasteiger partial charge in [-0.2, -0.15) is 0 Å². The van der Waals surface area contributed by atoms with E-state index in [9.17, 15) is 4.79 Å². The van der Waals surface area contributed by atoms with E-state index in [-0.39, 0.29) is 12.0 Å². The van der Waals surface area contributed by atoms with Crippen molar-refractivity contribution in [2.75, 3.05) is 6.61 Å². The van der Waals surface area contributed by atoms with Crippen LogP contribution in [0.1, 0.15) is 45.2 Å². The highest BCUT2D eigenvalue weighted by molar-refractivity contribution is 6.32.